The van der Waals surface area contributed by atoms with Crippen molar-refractivity contribution in [1.82, 2.24) is 4.90 Å². The molecule has 0 bridgehead atoms. The Hall–Kier alpha value is -1.42. The number of nitrogens with zero attached hydrogens (tertiary/aromatic N) is 1. The molecule has 0 unspecified atom stereocenters. The fraction of sp³-hybridized carbons (Fsp3) is 0.500. The molecular formula is C16H22N2OS. The SMILES string of the molecule is CCC1(C)CCN(C(=O)c2cccc(C(N)=S)c2)CC1. The van der Waals surface area contributed by atoms with Crippen LogP contribution in [0.25, 0.3) is 0 Å². The van der Waals surface area contributed by atoms with Gasteiger partial charge in [0.2, 0.25) is 0 Å². The lowest BCUT2D eigenvalue weighted by Gasteiger charge is -2.39. The predicted octanol–water partition coefficient (Wildman–Crippen LogP) is 2.97. The predicted molar refractivity (Wildman–Crippen MR) is 85.9 cm³/mol. The van der Waals surface area contributed by atoms with Crippen LogP contribution in [0.1, 0.15) is 49.0 Å². The van der Waals surface area contributed by atoms with Gasteiger partial charge in [-0.05, 0) is 30.4 Å². The molecule has 1 saturated heterocycles. The Morgan fingerprint density at radius 3 is 2.50 bits per heavy atom. The number of piperidine rings is 1. The van der Waals surface area contributed by atoms with Crippen LogP contribution in [0.5, 0.6) is 0 Å². The Kier molecular flexibility index (Phi) is 4.43. The van der Waals surface area contributed by atoms with Crippen molar-refractivity contribution < 1.29 is 4.79 Å². The molecule has 1 heterocycles. The van der Waals surface area contributed by atoms with Gasteiger partial charge in [-0.15, -0.1) is 0 Å². The largest absolute Gasteiger partial charge is 0.389 e. The fourth-order valence-electron chi connectivity index (χ4n) is 2.59. The molecule has 1 aliphatic heterocycles. The number of thiocarbonyl (C=S) groups is 1. The van der Waals surface area contributed by atoms with Gasteiger partial charge >= 0.3 is 0 Å². The molecule has 4 heteroatoms. The minimum absolute atomic E-state index is 0.0845. The maximum atomic E-state index is 12.5. The van der Waals surface area contributed by atoms with Crippen molar-refractivity contribution in [3.8, 4) is 0 Å². The lowest BCUT2D eigenvalue weighted by molar-refractivity contribution is 0.0600. The van der Waals surface area contributed by atoms with Crippen LogP contribution in [0, 0.1) is 5.41 Å². The van der Waals surface area contributed by atoms with Crippen LogP contribution >= 0.6 is 12.2 Å². The Morgan fingerprint density at radius 1 is 1.35 bits per heavy atom. The molecule has 1 amide bonds. The van der Waals surface area contributed by atoms with Gasteiger partial charge in [0.15, 0.2) is 0 Å². The molecule has 0 saturated carbocycles. The first-order chi connectivity index (χ1) is 9.45. The summed E-state index contributed by atoms with van der Waals surface area (Å²) in [6.07, 6.45) is 3.32. The van der Waals surface area contributed by atoms with Gasteiger partial charge in [0.1, 0.15) is 4.99 Å². The van der Waals surface area contributed by atoms with E-state index in [0.29, 0.717) is 16.0 Å². The van der Waals surface area contributed by atoms with Crippen molar-refractivity contribution in [3.63, 3.8) is 0 Å². The molecule has 2 N–H and O–H groups in total. The molecule has 1 aliphatic rings. The van der Waals surface area contributed by atoms with E-state index in [1.165, 1.54) is 6.42 Å². The third-order valence-corrected chi connectivity index (χ3v) is 4.74. The molecule has 0 aromatic heterocycles. The van der Waals surface area contributed by atoms with Crippen molar-refractivity contribution in [2.45, 2.75) is 33.1 Å². The summed E-state index contributed by atoms with van der Waals surface area (Å²) in [5.41, 5.74) is 7.44. The van der Waals surface area contributed by atoms with Gasteiger partial charge in [-0.3, -0.25) is 4.79 Å². The van der Waals surface area contributed by atoms with E-state index in [4.69, 9.17) is 18.0 Å². The first-order valence-corrected chi connectivity index (χ1v) is 7.55. The van der Waals surface area contributed by atoms with E-state index in [9.17, 15) is 4.79 Å². The molecule has 0 radical (unpaired) electrons. The number of nitrogens with two attached hydrogens (primary N) is 1. The highest BCUT2D eigenvalue weighted by atomic mass is 32.1. The summed E-state index contributed by atoms with van der Waals surface area (Å²) in [5.74, 6) is 0.0845. The van der Waals surface area contributed by atoms with Crippen molar-refractivity contribution in [2.75, 3.05) is 13.1 Å². The average molecular weight is 290 g/mol. The molecular weight excluding hydrogens is 268 g/mol. The maximum absolute atomic E-state index is 12.5. The van der Waals surface area contributed by atoms with E-state index in [1.54, 1.807) is 6.07 Å². The summed E-state index contributed by atoms with van der Waals surface area (Å²) in [6.45, 7) is 6.20. The summed E-state index contributed by atoms with van der Waals surface area (Å²) < 4.78 is 0. The molecule has 1 aromatic carbocycles. The highest BCUT2D eigenvalue weighted by Gasteiger charge is 2.30. The van der Waals surface area contributed by atoms with Crippen LogP contribution in [0.4, 0.5) is 0 Å². The normalized spacial score (nSPS) is 17.8. The van der Waals surface area contributed by atoms with Crippen LogP contribution in [0.3, 0.4) is 0 Å². The zero-order chi connectivity index (χ0) is 14.8. The average Bonchev–Trinajstić information content (AvgIpc) is 2.47. The van der Waals surface area contributed by atoms with Crippen molar-refractivity contribution in [1.29, 1.82) is 0 Å². The van der Waals surface area contributed by atoms with E-state index < -0.39 is 0 Å². The zero-order valence-corrected chi connectivity index (χ0v) is 13.0. The highest BCUT2D eigenvalue weighted by Crippen LogP contribution is 2.34. The smallest absolute Gasteiger partial charge is 0.253 e. The van der Waals surface area contributed by atoms with Crippen LogP contribution in [0.2, 0.25) is 0 Å². The molecule has 1 aromatic rings. The van der Waals surface area contributed by atoms with E-state index in [2.05, 4.69) is 13.8 Å². The van der Waals surface area contributed by atoms with Gasteiger partial charge in [0.25, 0.3) is 5.91 Å². The second-order valence-electron chi connectivity index (χ2n) is 5.90. The fourth-order valence-corrected chi connectivity index (χ4v) is 2.72. The number of carbonyl (C=O) groups is 1. The number of likely N-dealkylation sites (tertiary alicyclic amines) is 1. The number of rotatable bonds is 3. The van der Waals surface area contributed by atoms with Gasteiger partial charge in [-0.2, -0.15) is 0 Å². The first kappa shape index (κ1) is 15.0. The van der Waals surface area contributed by atoms with E-state index in [1.807, 2.05) is 23.1 Å². The van der Waals surface area contributed by atoms with Gasteiger partial charge in [-0.1, -0.05) is 44.6 Å². The molecule has 1 fully saturated rings. The minimum atomic E-state index is 0.0845. The van der Waals surface area contributed by atoms with E-state index >= 15 is 0 Å². The molecule has 20 heavy (non-hydrogen) atoms. The summed E-state index contributed by atoms with van der Waals surface area (Å²) in [6, 6.07) is 7.29. The van der Waals surface area contributed by atoms with E-state index in [0.717, 1.165) is 31.5 Å². The minimum Gasteiger partial charge on any atom is -0.389 e. The van der Waals surface area contributed by atoms with Crippen molar-refractivity contribution in [2.24, 2.45) is 11.1 Å². The Bertz CT molecular complexity index is 519. The summed E-state index contributed by atoms with van der Waals surface area (Å²) >= 11 is 4.96. The Morgan fingerprint density at radius 2 is 1.95 bits per heavy atom. The third kappa shape index (κ3) is 3.18. The molecule has 108 valence electrons. The van der Waals surface area contributed by atoms with Crippen LogP contribution in [0.15, 0.2) is 24.3 Å². The van der Waals surface area contributed by atoms with Gasteiger partial charge in [0.05, 0.1) is 0 Å². The molecule has 0 spiro atoms. The van der Waals surface area contributed by atoms with Gasteiger partial charge in [-0.25, -0.2) is 0 Å². The molecule has 0 atom stereocenters. The van der Waals surface area contributed by atoms with E-state index in [-0.39, 0.29) is 5.91 Å². The third-order valence-electron chi connectivity index (χ3n) is 4.51. The van der Waals surface area contributed by atoms with Crippen molar-refractivity contribution >= 4 is 23.1 Å². The number of carbonyl (C=O) groups excluding carboxylic acids is 1. The molecule has 0 aliphatic carbocycles. The molecule has 2 rings (SSSR count). The summed E-state index contributed by atoms with van der Waals surface area (Å²) in [7, 11) is 0. The van der Waals surface area contributed by atoms with Crippen LogP contribution < -0.4 is 5.73 Å². The highest BCUT2D eigenvalue weighted by molar-refractivity contribution is 7.80. The zero-order valence-electron chi connectivity index (χ0n) is 12.2. The second kappa shape index (κ2) is 5.92. The quantitative estimate of drug-likeness (QED) is 0.871. The number of amides is 1. The number of hydrogen-bond acceptors (Lipinski definition) is 2. The Labute approximate surface area is 126 Å². The second-order valence-corrected chi connectivity index (χ2v) is 6.34. The topological polar surface area (TPSA) is 46.3 Å². The number of benzene rings is 1. The van der Waals surface area contributed by atoms with Crippen LogP contribution in [-0.4, -0.2) is 28.9 Å². The lowest BCUT2D eigenvalue weighted by atomic mass is 9.78. The van der Waals surface area contributed by atoms with Gasteiger partial charge in [0, 0.05) is 24.2 Å². The van der Waals surface area contributed by atoms with Crippen molar-refractivity contribution in [3.05, 3.63) is 35.4 Å². The molecule has 3 nitrogen and oxygen atoms in total. The standard InChI is InChI=1S/C16H22N2OS/c1-3-16(2)7-9-18(10-8-16)15(19)13-6-4-5-12(11-13)14(17)20/h4-6,11H,3,7-10H2,1-2H3,(H2,17,20). The maximum Gasteiger partial charge on any atom is 0.253 e. The lowest BCUT2D eigenvalue weighted by Crippen LogP contribution is -2.42. The summed E-state index contributed by atoms with van der Waals surface area (Å²) in [4.78, 5) is 14.8. The summed E-state index contributed by atoms with van der Waals surface area (Å²) in [5, 5.41) is 0. The van der Waals surface area contributed by atoms with Crippen LogP contribution in [-0.2, 0) is 0 Å². The first-order valence-electron chi connectivity index (χ1n) is 7.14. The Balaban J connectivity index is 2.09. The monoisotopic (exact) mass is 290 g/mol. The van der Waals surface area contributed by atoms with Gasteiger partial charge < -0.3 is 10.6 Å². The number of hydrogen-bond donors (Lipinski definition) is 1.